The monoisotopic (exact) mass is 267 g/mol. The predicted molar refractivity (Wildman–Crippen MR) is 75.3 cm³/mol. The first-order chi connectivity index (χ1) is 8.64. The Morgan fingerprint density at radius 1 is 1.50 bits per heavy atom. The minimum absolute atomic E-state index is 0.232. The fourth-order valence-electron chi connectivity index (χ4n) is 2.38. The van der Waals surface area contributed by atoms with Crippen molar-refractivity contribution >= 4 is 23.2 Å². The Bertz CT molecular complexity index is 463. The van der Waals surface area contributed by atoms with Gasteiger partial charge in [-0.05, 0) is 18.6 Å². The van der Waals surface area contributed by atoms with Crippen molar-refractivity contribution in [1.82, 2.24) is 0 Å². The molecule has 0 saturated heterocycles. The lowest BCUT2D eigenvalue weighted by Crippen LogP contribution is -2.54. The van der Waals surface area contributed by atoms with Crippen molar-refractivity contribution in [1.29, 1.82) is 0 Å². The summed E-state index contributed by atoms with van der Waals surface area (Å²) in [6.45, 7) is 3.31. The third kappa shape index (κ3) is 2.06. The normalized spacial score (nSPS) is 23.3. The number of nitrogens with two attached hydrogens (primary N) is 1. The Kier molecular flexibility index (Phi) is 3.78. The van der Waals surface area contributed by atoms with E-state index in [2.05, 4.69) is 11.9 Å². The molecule has 0 aliphatic carbocycles. The van der Waals surface area contributed by atoms with Crippen molar-refractivity contribution < 1.29 is 4.74 Å². The summed E-state index contributed by atoms with van der Waals surface area (Å²) < 4.78 is 5.35. The van der Waals surface area contributed by atoms with Crippen LogP contribution < -0.4 is 10.6 Å². The van der Waals surface area contributed by atoms with E-state index in [9.17, 15) is 0 Å². The second-order valence-electron chi connectivity index (χ2n) is 4.47. The van der Waals surface area contributed by atoms with Gasteiger partial charge in [-0.1, -0.05) is 30.7 Å². The van der Waals surface area contributed by atoms with E-state index in [-0.39, 0.29) is 5.54 Å². The van der Waals surface area contributed by atoms with Crippen molar-refractivity contribution in [2.24, 2.45) is 10.7 Å². The number of anilines is 1. The van der Waals surface area contributed by atoms with Crippen LogP contribution >= 0.6 is 11.6 Å². The summed E-state index contributed by atoms with van der Waals surface area (Å²) >= 11 is 6.26. The van der Waals surface area contributed by atoms with Crippen molar-refractivity contribution in [2.45, 2.75) is 18.9 Å². The van der Waals surface area contributed by atoms with Crippen LogP contribution in [0.4, 0.5) is 5.69 Å². The van der Waals surface area contributed by atoms with Gasteiger partial charge >= 0.3 is 0 Å². The second-order valence-corrected chi connectivity index (χ2v) is 4.88. The summed E-state index contributed by atoms with van der Waals surface area (Å²) in [6, 6.07) is 7.66. The fourth-order valence-corrected chi connectivity index (χ4v) is 2.60. The first-order valence-corrected chi connectivity index (χ1v) is 6.36. The maximum absolute atomic E-state index is 6.26. The molecule has 0 saturated carbocycles. The molecule has 1 aliphatic heterocycles. The molecule has 0 spiro atoms. The van der Waals surface area contributed by atoms with Crippen molar-refractivity contribution in [3.8, 4) is 0 Å². The van der Waals surface area contributed by atoms with E-state index >= 15 is 0 Å². The maximum Gasteiger partial charge on any atom is 0.196 e. The molecule has 0 bridgehead atoms. The number of ether oxygens (including phenoxy) is 1. The van der Waals surface area contributed by atoms with E-state index in [1.165, 1.54) is 0 Å². The number of para-hydroxylation sites is 1. The van der Waals surface area contributed by atoms with Crippen LogP contribution in [0.5, 0.6) is 0 Å². The van der Waals surface area contributed by atoms with E-state index in [1.807, 2.05) is 29.2 Å². The third-order valence-corrected chi connectivity index (χ3v) is 3.72. The molecule has 0 fully saturated rings. The van der Waals surface area contributed by atoms with Crippen molar-refractivity contribution in [3.63, 3.8) is 0 Å². The summed E-state index contributed by atoms with van der Waals surface area (Å²) in [5.41, 5.74) is 6.68. The zero-order chi connectivity index (χ0) is 13.2. The molecule has 0 amide bonds. The van der Waals surface area contributed by atoms with Crippen LogP contribution in [0.1, 0.15) is 13.3 Å². The largest absolute Gasteiger partial charge is 0.382 e. The van der Waals surface area contributed by atoms with E-state index in [0.29, 0.717) is 24.1 Å². The Morgan fingerprint density at radius 3 is 2.83 bits per heavy atom. The highest BCUT2D eigenvalue weighted by atomic mass is 35.5. The molecule has 18 heavy (non-hydrogen) atoms. The number of hydrogen-bond donors (Lipinski definition) is 1. The number of nitrogens with zero attached hydrogens (tertiary/aromatic N) is 2. The number of aliphatic imine (C=N–C) groups is 1. The Hall–Kier alpha value is -1.26. The highest BCUT2D eigenvalue weighted by molar-refractivity contribution is 6.34. The smallest absolute Gasteiger partial charge is 0.196 e. The number of halogens is 1. The molecule has 2 N–H and O–H groups in total. The highest BCUT2D eigenvalue weighted by Gasteiger charge is 2.42. The molecule has 1 aliphatic rings. The lowest BCUT2D eigenvalue weighted by atomic mass is 9.95. The van der Waals surface area contributed by atoms with Gasteiger partial charge in [-0.2, -0.15) is 0 Å². The molecule has 98 valence electrons. The van der Waals surface area contributed by atoms with Gasteiger partial charge in [0.05, 0.1) is 29.4 Å². The van der Waals surface area contributed by atoms with Crippen LogP contribution in [0.3, 0.4) is 0 Å². The summed E-state index contributed by atoms with van der Waals surface area (Å²) in [7, 11) is 1.69. The average Bonchev–Trinajstić information content (AvgIpc) is 2.69. The third-order valence-electron chi connectivity index (χ3n) is 3.40. The Labute approximate surface area is 112 Å². The minimum Gasteiger partial charge on any atom is -0.382 e. The molecule has 5 heteroatoms. The van der Waals surface area contributed by atoms with Gasteiger partial charge in [0.15, 0.2) is 5.96 Å². The molecular weight excluding hydrogens is 250 g/mol. The molecule has 4 nitrogen and oxygen atoms in total. The number of guanidine groups is 1. The van der Waals surface area contributed by atoms with Crippen LogP contribution in [0, 0.1) is 0 Å². The summed E-state index contributed by atoms with van der Waals surface area (Å²) in [4.78, 5) is 6.36. The topological polar surface area (TPSA) is 50.9 Å². The summed E-state index contributed by atoms with van der Waals surface area (Å²) in [5.74, 6) is 0.502. The zero-order valence-corrected chi connectivity index (χ0v) is 11.4. The fraction of sp³-hybridized carbons (Fsp3) is 0.462. The first-order valence-electron chi connectivity index (χ1n) is 5.98. The van der Waals surface area contributed by atoms with Crippen molar-refractivity contribution in [2.75, 3.05) is 25.2 Å². The van der Waals surface area contributed by atoms with Gasteiger partial charge < -0.3 is 15.4 Å². The van der Waals surface area contributed by atoms with Crippen LogP contribution in [-0.4, -0.2) is 31.8 Å². The molecular formula is C13H18ClN3O. The predicted octanol–water partition coefficient (Wildman–Crippen LogP) is 2.27. The summed E-state index contributed by atoms with van der Waals surface area (Å²) in [5, 5.41) is 0.673. The molecule has 1 unspecified atom stereocenters. The van der Waals surface area contributed by atoms with Gasteiger partial charge in [-0.25, -0.2) is 0 Å². The van der Waals surface area contributed by atoms with Gasteiger partial charge in [0, 0.05) is 7.11 Å². The van der Waals surface area contributed by atoms with E-state index in [1.54, 1.807) is 7.11 Å². The molecule has 0 aromatic heterocycles. The molecule has 1 aromatic carbocycles. The second kappa shape index (κ2) is 5.16. The Morgan fingerprint density at radius 2 is 2.22 bits per heavy atom. The van der Waals surface area contributed by atoms with Crippen LogP contribution in [0.15, 0.2) is 29.3 Å². The highest BCUT2D eigenvalue weighted by Crippen LogP contribution is 2.35. The zero-order valence-electron chi connectivity index (χ0n) is 10.7. The molecule has 2 rings (SSSR count). The number of methoxy groups -OCH3 is 1. The Balaban J connectivity index is 2.45. The molecule has 1 aromatic rings. The number of hydrogen-bond acceptors (Lipinski definition) is 4. The standard InChI is InChI=1S/C13H18ClN3O/c1-3-13(9-18-2)8-16-12(15)17(13)11-7-5-4-6-10(11)14/h4-7H,3,8-9H2,1-2H3,(H2,15,16). The van der Waals surface area contributed by atoms with Crippen LogP contribution in [-0.2, 0) is 4.74 Å². The van der Waals surface area contributed by atoms with Gasteiger partial charge in [0.25, 0.3) is 0 Å². The lowest BCUT2D eigenvalue weighted by Gasteiger charge is -2.38. The van der Waals surface area contributed by atoms with Gasteiger partial charge in [-0.3, -0.25) is 4.99 Å². The maximum atomic E-state index is 6.26. The molecule has 1 heterocycles. The van der Waals surface area contributed by atoms with Gasteiger partial charge in [0.1, 0.15) is 0 Å². The van der Waals surface area contributed by atoms with E-state index in [4.69, 9.17) is 22.1 Å². The first kappa shape index (κ1) is 13.2. The average molecular weight is 268 g/mol. The molecule has 1 atom stereocenters. The lowest BCUT2D eigenvalue weighted by molar-refractivity contribution is 0.138. The minimum atomic E-state index is -0.232. The van der Waals surface area contributed by atoms with Gasteiger partial charge in [0.2, 0.25) is 0 Å². The quantitative estimate of drug-likeness (QED) is 0.911. The van der Waals surface area contributed by atoms with E-state index < -0.39 is 0 Å². The van der Waals surface area contributed by atoms with Gasteiger partial charge in [-0.15, -0.1) is 0 Å². The summed E-state index contributed by atoms with van der Waals surface area (Å²) in [6.07, 6.45) is 0.885. The SMILES string of the molecule is CCC1(COC)CN=C(N)N1c1ccccc1Cl. The van der Waals surface area contributed by atoms with E-state index in [0.717, 1.165) is 12.1 Å². The number of rotatable bonds is 4. The van der Waals surface area contributed by atoms with Crippen molar-refractivity contribution in [3.05, 3.63) is 29.3 Å². The number of benzene rings is 1. The molecule has 0 radical (unpaired) electrons. The van der Waals surface area contributed by atoms with Crippen LogP contribution in [0.2, 0.25) is 5.02 Å². The van der Waals surface area contributed by atoms with Crippen LogP contribution in [0.25, 0.3) is 0 Å².